The molecule has 1 N–H and O–H groups in total. The van der Waals surface area contributed by atoms with Crippen molar-refractivity contribution in [2.24, 2.45) is 0 Å². The molecule has 0 radical (unpaired) electrons. The molecule has 1 atom stereocenters. The smallest absolute Gasteiger partial charge is 0.308 e. The largest absolute Gasteiger partial charge is 0.323 e. The number of carbonyl (C=O) groups is 1. The fourth-order valence-electron chi connectivity index (χ4n) is 2.55. The molecule has 2 heterocycles. The van der Waals surface area contributed by atoms with Crippen LogP contribution in [0, 0.1) is 13.8 Å². The van der Waals surface area contributed by atoms with Gasteiger partial charge in [-0.1, -0.05) is 18.2 Å². The van der Waals surface area contributed by atoms with Gasteiger partial charge in [-0.05, 0) is 37.1 Å². The molecule has 1 saturated heterocycles. The summed E-state index contributed by atoms with van der Waals surface area (Å²) in [6.45, 7) is 4.83. The Morgan fingerprint density at radius 1 is 1.32 bits per heavy atom. The van der Waals surface area contributed by atoms with Gasteiger partial charge < -0.3 is 10.2 Å². The Bertz CT molecular complexity index is 675. The Balaban J connectivity index is 1.78. The van der Waals surface area contributed by atoms with Crippen LogP contribution in [0.15, 0.2) is 42.7 Å². The van der Waals surface area contributed by atoms with Gasteiger partial charge in [-0.25, -0.2) is 4.79 Å². The summed E-state index contributed by atoms with van der Waals surface area (Å²) < 4.78 is 0. The Kier molecular flexibility index (Phi) is 4.34. The number of carbonyl (C=O) groups excluding carboxylic acids is 1. The molecule has 1 aliphatic heterocycles. The average Bonchev–Trinajstić information content (AvgIpc) is 3.02. The van der Waals surface area contributed by atoms with E-state index >= 15 is 0 Å². The summed E-state index contributed by atoms with van der Waals surface area (Å²) in [5.41, 5.74) is 4.24. The van der Waals surface area contributed by atoms with Crippen molar-refractivity contribution < 1.29 is 4.79 Å². The third-order valence-electron chi connectivity index (χ3n) is 3.97. The highest BCUT2D eigenvalue weighted by Crippen LogP contribution is 2.37. The van der Waals surface area contributed by atoms with E-state index in [-0.39, 0.29) is 11.4 Å². The van der Waals surface area contributed by atoms with Gasteiger partial charge >= 0.3 is 6.03 Å². The third kappa shape index (κ3) is 2.95. The van der Waals surface area contributed by atoms with Gasteiger partial charge in [-0.15, -0.1) is 11.8 Å². The van der Waals surface area contributed by atoms with Gasteiger partial charge in [0.05, 0.1) is 0 Å². The molecule has 1 aromatic heterocycles. The fraction of sp³-hybridized carbons (Fsp3) is 0.294. The minimum absolute atomic E-state index is 0.0406. The van der Waals surface area contributed by atoms with Crippen molar-refractivity contribution in [2.75, 3.05) is 17.6 Å². The molecule has 0 aliphatic carbocycles. The van der Waals surface area contributed by atoms with Crippen LogP contribution < -0.4 is 5.32 Å². The van der Waals surface area contributed by atoms with E-state index in [2.05, 4.69) is 23.3 Å². The molecule has 0 bridgehead atoms. The van der Waals surface area contributed by atoms with Gasteiger partial charge in [0.1, 0.15) is 5.37 Å². The molecular formula is C17H19N3OS. The number of urea groups is 1. The molecule has 22 heavy (non-hydrogen) atoms. The molecule has 2 amide bonds. The molecule has 114 valence electrons. The first kappa shape index (κ1) is 14.9. The van der Waals surface area contributed by atoms with E-state index in [1.807, 2.05) is 42.3 Å². The number of amides is 2. The van der Waals surface area contributed by atoms with E-state index in [0.29, 0.717) is 0 Å². The molecule has 4 nitrogen and oxygen atoms in total. The van der Waals surface area contributed by atoms with Crippen LogP contribution in [0.3, 0.4) is 0 Å². The van der Waals surface area contributed by atoms with Crippen molar-refractivity contribution in [3.8, 4) is 0 Å². The van der Waals surface area contributed by atoms with Gasteiger partial charge in [0.2, 0.25) is 0 Å². The lowest BCUT2D eigenvalue weighted by molar-refractivity contribution is 0.214. The number of aromatic nitrogens is 1. The molecule has 1 aliphatic rings. The summed E-state index contributed by atoms with van der Waals surface area (Å²) in [4.78, 5) is 18.7. The zero-order valence-electron chi connectivity index (χ0n) is 12.7. The number of hydrogen-bond donors (Lipinski definition) is 1. The first-order chi connectivity index (χ1) is 10.7. The predicted octanol–water partition coefficient (Wildman–Crippen LogP) is 3.98. The third-order valence-corrected chi connectivity index (χ3v) is 5.23. The molecule has 1 aromatic carbocycles. The van der Waals surface area contributed by atoms with Crippen molar-refractivity contribution in [3.63, 3.8) is 0 Å². The summed E-state index contributed by atoms with van der Waals surface area (Å²) in [5, 5.41) is 3.09. The SMILES string of the molecule is Cc1cccc(NC(=O)N2CCSC2c2cccnc2)c1C. The summed E-state index contributed by atoms with van der Waals surface area (Å²) >= 11 is 1.77. The normalized spacial score (nSPS) is 17.5. The van der Waals surface area contributed by atoms with Crippen LogP contribution in [0.2, 0.25) is 0 Å². The maximum absolute atomic E-state index is 12.6. The number of rotatable bonds is 2. The van der Waals surface area contributed by atoms with E-state index in [4.69, 9.17) is 0 Å². The van der Waals surface area contributed by atoms with Crippen LogP contribution >= 0.6 is 11.8 Å². The maximum atomic E-state index is 12.6. The van der Waals surface area contributed by atoms with E-state index in [1.165, 1.54) is 5.56 Å². The minimum Gasteiger partial charge on any atom is -0.308 e. The van der Waals surface area contributed by atoms with Crippen molar-refractivity contribution in [1.82, 2.24) is 9.88 Å². The molecular weight excluding hydrogens is 294 g/mol. The second kappa shape index (κ2) is 6.40. The van der Waals surface area contributed by atoms with Crippen LogP contribution in [0.4, 0.5) is 10.5 Å². The second-order valence-electron chi connectivity index (χ2n) is 5.38. The number of anilines is 1. The second-order valence-corrected chi connectivity index (χ2v) is 6.57. The highest BCUT2D eigenvalue weighted by Gasteiger charge is 2.31. The first-order valence-corrected chi connectivity index (χ1v) is 8.37. The van der Waals surface area contributed by atoms with Gasteiger partial charge in [0.25, 0.3) is 0 Å². The first-order valence-electron chi connectivity index (χ1n) is 7.32. The molecule has 2 aromatic rings. The van der Waals surface area contributed by atoms with Gasteiger partial charge in [-0.2, -0.15) is 0 Å². The Labute approximate surface area is 134 Å². The zero-order chi connectivity index (χ0) is 15.5. The van der Waals surface area contributed by atoms with Gasteiger partial charge in [-0.3, -0.25) is 4.98 Å². The number of aryl methyl sites for hydroxylation is 1. The molecule has 1 unspecified atom stereocenters. The Morgan fingerprint density at radius 3 is 2.95 bits per heavy atom. The number of nitrogens with zero attached hydrogens (tertiary/aromatic N) is 2. The predicted molar refractivity (Wildman–Crippen MR) is 91.1 cm³/mol. The molecule has 3 rings (SSSR count). The lowest BCUT2D eigenvalue weighted by Crippen LogP contribution is -2.34. The number of thioether (sulfide) groups is 1. The Morgan fingerprint density at radius 2 is 2.18 bits per heavy atom. The summed E-state index contributed by atoms with van der Waals surface area (Å²) in [5.74, 6) is 0.944. The number of hydrogen-bond acceptors (Lipinski definition) is 3. The van der Waals surface area contributed by atoms with Crippen molar-refractivity contribution in [3.05, 3.63) is 59.4 Å². The lowest BCUT2D eigenvalue weighted by atomic mass is 10.1. The summed E-state index contributed by atoms with van der Waals surface area (Å²) in [6, 6.07) is 9.85. The van der Waals surface area contributed by atoms with Crippen molar-refractivity contribution in [2.45, 2.75) is 19.2 Å². The van der Waals surface area contributed by atoms with Gasteiger partial charge in [0.15, 0.2) is 0 Å². The topological polar surface area (TPSA) is 45.2 Å². The molecule has 0 spiro atoms. The van der Waals surface area contributed by atoms with Crippen LogP contribution in [-0.4, -0.2) is 28.2 Å². The van der Waals surface area contributed by atoms with Crippen LogP contribution in [-0.2, 0) is 0 Å². The highest BCUT2D eigenvalue weighted by molar-refractivity contribution is 7.99. The van der Waals surface area contributed by atoms with E-state index in [0.717, 1.165) is 29.1 Å². The number of pyridine rings is 1. The minimum atomic E-state index is -0.0486. The molecule has 5 heteroatoms. The number of benzene rings is 1. The molecule has 1 fully saturated rings. The highest BCUT2D eigenvalue weighted by atomic mass is 32.2. The standard InChI is InChI=1S/C17H19N3OS/c1-12-5-3-7-15(13(12)2)19-17(21)20-9-10-22-16(20)14-6-4-8-18-11-14/h3-8,11,16H,9-10H2,1-2H3,(H,19,21). The van der Waals surface area contributed by atoms with Crippen LogP contribution in [0.5, 0.6) is 0 Å². The fourth-order valence-corrected chi connectivity index (χ4v) is 3.79. The Hall–Kier alpha value is -2.01. The van der Waals surface area contributed by atoms with Crippen molar-refractivity contribution in [1.29, 1.82) is 0 Å². The van der Waals surface area contributed by atoms with Crippen LogP contribution in [0.1, 0.15) is 22.1 Å². The van der Waals surface area contributed by atoms with E-state index in [1.54, 1.807) is 18.0 Å². The van der Waals surface area contributed by atoms with E-state index in [9.17, 15) is 4.79 Å². The zero-order valence-corrected chi connectivity index (χ0v) is 13.6. The molecule has 0 saturated carbocycles. The lowest BCUT2D eigenvalue weighted by Gasteiger charge is -2.24. The quantitative estimate of drug-likeness (QED) is 0.912. The van der Waals surface area contributed by atoms with Crippen LogP contribution in [0.25, 0.3) is 0 Å². The summed E-state index contributed by atoms with van der Waals surface area (Å²) in [6.07, 6.45) is 3.59. The number of nitrogens with one attached hydrogen (secondary N) is 1. The van der Waals surface area contributed by atoms with E-state index < -0.39 is 0 Å². The average molecular weight is 313 g/mol. The maximum Gasteiger partial charge on any atom is 0.323 e. The van der Waals surface area contributed by atoms with Crippen molar-refractivity contribution >= 4 is 23.5 Å². The summed E-state index contributed by atoms with van der Waals surface area (Å²) in [7, 11) is 0. The van der Waals surface area contributed by atoms with Gasteiger partial charge in [0, 0.05) is 35.9 Å². The monoisotopic (exact) mass is 313 g/mol.